The lowest BCUT2D eigenvalue weighted by Crippen LogP contribution is -2.22. The molecule has 76 valence electrons. The maximum absolute atomic E-state index is 11.2. The van der Waals surface area contributed by atoms with Gasteiger partial charge >= 0.3 is 0 Å². The molecule has 1 rings (SSSR count). The van der Waals surface area contributed by atoms with Crippen molar-refractivity contribution in [3.05, 3.63) is 23.8 Å². The Kier molecular flexibility index (Phi) is 3.68. The van der Waals surface area contributed by atoms with Gasteiger partial charge in [-0.25, -0.2) is 4.84 Å². The average Bonchev–Trinajstić information content (AvgIpc) is 2.28. The fraction of sp³-hybridized carbons (Fsp3) is 0.273. The molecular weight excluding hydrogens is 212 g/mol. The van der Waals surface area contributed by atoms with Crippen molar-refractivity contribution in [2.45, 2.75) is 6.42 Å². The van der Waals surface area contributed by atoms with Crippen LogP contribution in [-0.2, 0) is 4.79 Å². The van der Waals surface area contributed by atoms with Crippen molar-refractivity contribution in [1.29, 1.82) is 5.26 Å². The first kappa shape index (κ1) is 11.5. The summed E-state index contributed by atoms with van der Waals surface area (Å²) in [6, 6.07) is 1.83. The summed E-state index contributed by atoms with van der Waals surface area (Å²) in [5.41, 5.74) is -0.592. The first-order valence-corrected chi connectivity index (χ1v) is 4.73. The van der Waals surface area contributed by atoms with Crippen LogP contribution in [0.5, 0.6) is 0 Å². The molecule has 1 aliphatic rings. The van der Waals surface area contributed by atoms with E-state index in [9.17, 15) is 4.79 Å². The Morgan fingerprint density at radius 1 is 1.67 bits per heavy atom. The molecule has 1 atom stereocenters. The van der Waals surface area contributed by atoms with Gasteiger partial charge in [0.15, 0.2) is 5.78 Å². The van der Waals surface area contributed by atoms with Gasteiger partial charge in [-0.1, -0.05) is 12.0 Å². The number of terminal acetylenes is 1. The van der Waals surface area contributed by atoms with E-state index in [1.807, 2.05) is 6.07 Å². The molecule has 0 fully saturated rings. The van der Waals surface area contributed by atoms with Gasteiger partial charge in [0.25, 0.3) is 0 Å². The molecule has 15 heavy (non-hydrogen) atoms. The monoisotopic (exact) mass is 220 g/mol. The van der Waals surface area contributed by atoms with E-state index in [1.54, 1.807) is 6.08 Å². The van der Waals surface area contributed by atoms with Gasteiger partial charge in [-0.2, -0.15) is 5.26 Å². The molecule has 0 radical (unpaired) electrons. The number of ketones is 1. The van der Waals surface area contributed by atoms with E-state index >= 15 is 0 Å². The third-order valence-electron chi connectivity index (χ3n) is 2.22. The van der Waals surface area contributed by atoms with Crippen LogP contribution in [0.3, 0.4) is 0 Å². The molecule has 0 spiro atoms. The lowest BCUT2D eigenvalue weighted by atomic mass is 9.79. The molecule has 1 aliphatic carbocycles. The standard InChI is InChI=1S/C11H9ClN2O/c1-2-11(5-6-14-12)4-3-10(15)9(7-11)8-13/h1,3-4,7,14H,5-6H2. The molecular formula is C11H9ClN2O. The Balaban J connectivity index is 2.99. The molecule has 1 N–H and O–H groups in total. The van der Waals surface area contributed by atoms with Gasteiger partial charge in [0.05, 0.1) is 11.0 Å². The second-order valence-electron chi connectivity index (χ2n) is 3.19. The van der Waals surface area contributed by atoms with Gasteiger partial charge in [0.1, 0.15) is 6.07 Å². The Bertz CT molecular complexity index is 411. The minimum atomic E-state index is -0.680. The third kappa shape index (κ3) is 2.47. The molecule has 0 amide bonds. The van der Waals surface area contributed by atoms with Crippen molar-refractivity contribution in [3.8, 4) is 18.4 Å². The summed E-state index contributed by atoms with van der Waals surface area (Å²) in [6.45, 7) is 0.499. The number of hydrogen-bond acceptors (Lipinski definition) is 3. The highest BCUT2D eigenvalue weighted by Gasteiger charge is 2.27. The SMILES string of the molecule is C#CC1(CCNCl)C=CC(=O)C(C#N)=C1. The molecule has 3 nitrogen and oxygen atoms in total. The fourth-order valence-corrected chi connectivity index (χ4v) is 1.44. The summed E-state index contributed by atoms with van der Waals surface area (Å²) in [7, 11) is 0. The van der Waals surface area contributed by atoms with Crippen LogP contribution in [0.4, 0.5) is 0 Å². The number of nitriles is 1. The minimum absolute atomic E-state index is 0.0880. The summed E-state index contributed by atoms with van der Waals surface area (Å²) in [5, 5.41) is 8.73. The molecule has 0 heterocycles. The molecule has 0 aromatic carbocycles. The first-order chi connectivity index (χ1) is 7.17. The predicted octanol–water partition coefficient (Wildman–Crippen LogP) is 1.33. The smallest absolute Gasteiger partial charge is 0.195 e. The average molecular weight is 221 g/mol. The van der Waals surface area contributed by atoms with Gasteiger partial charge in [0.2, 0.25) is 0 Å². The maximum atomic E-state index is 11.2. The number of hydrogen-bond donors (Lipinski definition) is 1. The number of carbonyl (C=O) groups excluding carboxylic acids is 1. The Morgan fingerprint density at radius 3 is 2.93 bits per heavy atom. The summed E-state index contributed by atoms with van der Waals surface area (Å²) in [4.78, 5) is 13.7. The number of carbonyl (C=O) groups is 1. The molecule has 0 saturated carbocycles. The van der Waals surface area contributed by atoms with Crippen molar-refractivity contribution in [1.82, 2.24) is 4.84 Å². The van der Waals surface area contributed by atoms with Gasteiger partial charge in [-0.05, 0) is 30.3 Å². The topological polar surface area (TPSA) is 52.9 Å². The zero-order valence-electron chi connectivity index (χ0n) is 7.96. The number of halogens is 1. The van der Waals surface area contributed by atoms with Crippen molar-refractivity contribution in [2.75, 3.05) is 6.54 Å². The molecule has 0 aromatic heterocycles. The van der Waals surface area contributed by atoms with E-state index in [2.05, 4.69) is 10.8 Å². The lowest BCUT2D eigenvalue weighted by molar-refractivity contribution is -0.111. The second kappa shape index (κ2) is 4.79. The molecule has 0 bridgehead atoms. The molecule has 0 aromatic rings. The van der Waals surface area contributed by atoms with Crippen LogP contribution in [0.1, 0.15) is 6.42 Å². The van der Waals surface area contributed by atoms with Crippen LogP contribution in [0.25, 0.3) is 0 Å². The van der Waals surface area contributed by atoms with Gasteiger partial charge < -0.3 is 0 Å². The van der Waals surface area contributed by atoms with E-state index in [4.69, 9.17) is 23.5 Å². The van der Waals surface area contributed by atoms with Crippen molar-refractivity contribution < 1.29 is 4.79 Å². The van der Waals surface area contributed by atoms with Crippen LogP contribution in [0.15, 0.2) is 23.8 Å². The predicted molar refractivity (Wildman–Crippen MR) is 57.6 cm³/mol. The van der Waals surface area contributed by atoms with E-state index in [0.717, 1.165) is 0 Å². The molecule has 0 saturated heterocycles. The molecule has 4 heteroatoms. The normalized spacial score (nSPS) is 24.2. The minimum Gasteiger partial charge on any atom is -0.289 e. The highest BCUT2D eigenvalue weighted by atomic mass is 35.5. The summed E-state index contributed by atoms with van der Waals surface area (Å²) in [6.07, 6.45) is 10.4. The lowest BCUT2D eigenvalue weighted by Gasteiger charge is -2.23. The van der Waals surface area contributed by atoms with Crippen LogP contribution in [-0.4, -0.2) is 12.3 Å². The number of nitrogens with zero attached hydrogens (tertiary/aromatic N) is 1. The highest BCUT2D eigenvalue weighted by molar-refractivity contribution is 6.13. The summed E-state index contributed by atoms with van der Waals surface area (Å²) < 4.78 is 0. The Hall–Kier alpha value is -1.55. The quantitative estimate of drug-likeness (QED) is 0.577. The van der Waals surface area contributed by atoms with Crippen molar-refractivity contribution >= 4 is 17.6 Å². The summed E-state index contributed by atoms with van der Waals surface area (Å²) >= 11 is 5.34. The molecule has 0 aliphatic heterocycles. The fourth-order valence-electron chi connectivity index (χ4n) is 1.35. The van der Waals surface area contributed by atoms with Gasteiger partial charge in [0, 0.05) is 6.54 Å². The molecule has 1 unspecified atom stereocenters. The zero-order chi connectivity index (χ0) is 11.3. The number of allylic oxidation sites excluding steroid dienone is 4. The van der Waals surface area contributed by atoms with E-state index < -0.39 is 5.41 Å². The van der Waals surface area contributed by atoms with Crippen LogP contribution >= 0.6 is 11.8 Å². The largest absolute Gasteiger partial charge is 0.289 e. The second-order valence-corrected chi connectivity index (χ2v) is 3.45. The van der Waals surface area contributed by atoms with Crippen LogP contribution in [0.2, 0.25) is 0 Å². The van der Waals surface area contributed by atoms with E-state index in [-0.39, 0.29) is 11.4 Å². The number of rotatable bonds is 3. The van der Waals surface area contributed by atoms with Crippen molar-refractivity contribution in [2.24, 2.45) is 5.41 Å². The Morgan fingerprint density at radius 2 is 2.40 bits per heavy atom. The van der Waals surface area contributed by atoms with Gasteiger partial charge in [-0.15, -0.1) is 6.42 Å². The highest BCUT2D eigenvalue weighted by Crippen LogP contribution is 2.29. The van der Waals surface area contributed by atoms with Crippen LogP contribution < -0.4 is 4.84 Å². The van der Waals surface area contributed by atoms with E-state index in [0.29, 0.717) is 13.0 Å². The van der Waals surface area contributed by atoms with Crippen molar-refractivity contribution in [3.63, 3.8) is 0 Å². The number of nitrogens with one attached hydrogen (secondary N) is 1. The van der Waals surface area contributed by atoms with Crippen LogP contribution in [0, 0.1) is 29.1 Å². The first-order valence-electron chi connectivity index (χ1n) is 4.35. The Labute approximate surface area is 93.5 Å². The maximum Gasteiger partial charge on any atom is 0.195 e. The third-order valence-corrected chi connectivity index (χ3v) is 2.41. The zero-order valence-corrected chi connectivity index (χ0v) is 8.71. The summed E-state index contributed by atoms with van der Waals surface area (Å²) in [5.74, 6) is 2.27. The van der Waals surface area contributed by atoms with E-state index in [1.165, 1.54) is 12.2 Å². The van der Waals surface area contributed by atoms with Gasteiger partial charge in [-0.3, -0.25) is 4.79 Å².